The van der Waals surface area contributed by atoms with Gasteiger partial charge in [-0.3, -0.25) is 14.5 Å². The van der Waals surface area contributed by atoms with Gasteiger partial charge in [0.25, 0.3) is 0 Å². The molecule has 150 valence electrons. The summed E-state index contributed by atoms with van der Waals surface area (Å²) in [6.45, 7) is 6.36. The summed E-state index contributed by atoms with van der Waals surface area (Å²) in [4.78, 5) is 27.0. The summed E-state index contributed by atoms with van der Waals surface area (Å²) >= 11 is 12.1. The Morgan fingerprint density at radius 3 is 2.50 bits per heavy atom. The molecule has 2 rings (SSSR count). The molecule has 0 aliphatic rings. The maximum Gasteiger partial charge on any atom is 0.241 e. The van der Waals surface area contributed by atoms with E-state index in [9.17, 15) is 9.59 Å². The summed E-state index contributed by atoms with van der Waals surface area (Å²) in [6, 6.07) is 11.9. The quantitative estimate of drug-likeness (QED) is 0.631. The number of benzene rings is 2. The summed E-state index contributed by atoms with van der Waals surface area (Å²) in [5, 5.41) is 6.87. The number of hydrogen-bond donors (Lipinski definition) is 2. The molecule has 7 heteroatoms. The van der Waals surface area contributed by atoms with E-state index >= 15 is 0 Å². The Hall–Kier alpha value is -2.08. The SMILES string of the molecule is CCCN(CC(=O)Nc1cccc(Cl)c1C)[C@@H](C)C(=O)Nc1cccc(Cl)c1. The normalized spacial score (nSPS) is 11.9. The molecule has 5 nitrogen and oxygen atoms in total. The van der Waals surface area contributed by atoms with E-state index in [0.717, 1.165) is 12.0 Å². The minimum absolute atomic E-state index is 0.101. The van der Waals surface area contributed by atoms with Crippen LogP contribution < -0.4 is 10.6 Å². The molecule has 0 saturated heterocycles. The van der Waals surface area contributed by atoms with Crippen molar-refractivity contribution in [2.24, 2.45) is 0 Å². The first-order valence-electron chi connectivity index (χ1n) is 9.17. The number of rotatable bonds is 8. The number of carbonyl (C=O) groups excluding carboxylic acids is 2. The molecule has 0 unspecified atom stereocenters. The topological polar surface area (TPSA) is 61.4 Å². The van der Waals surface area contributed by atoms with Crippen LogP contribution in [0.4, 0.5) is 11.4 Å². The lowest BCUT2D eigenvalue weighted by Crippen LogP contribution is -2.46. The fraction of sp³-hybridized carbons (Fsp3) is 0.333. The van der Waals surface area contributed by atoms with E-state index < -0.39 is 6.04 Å². The van der Waals surface area contributed by atoms with E-state index in [-0.39, 0.29) is 18.4 Å². The zero-order valence-corrected chi connectivity index (χ0v) is 17.8. The van der Waals surface area contributed by atoms with Crippen molar-refractivity contribution in [3.63, 3.8) is 0 Å². The van der Waals surface area contributed by atoms with Crippen LogP contribution in [0.2, 0.25) is 10.0 Å². The Bertz CT molecular complexity index is 842. The predicted molar refractivity (Wildman–Crippen MR) is 116 cm³/mol. The molecule has 28 heavy (non-hydrogen) atoms. The van der Waals surface area contributed by atoms with E-state index in [4.69, 9.17) is 23.2 Å². The third-order valence-electron chi connectivity index (χ3n) is 4.42. The van der Waals surface area contributed by atoms with E-state index in [0.29, 0.717) is 28.0 Å². The van der Waals surface area contributed by atoms with Crippen molar-refractivity contribution in [1.29, 1.82) is 0 Å². The smallest absolute Gasteiger partial charge is 0.241 e. The first-order chi connectivity index (χ1) is 13.3. The number of nitrogens with one attached hydrogen (secondary N) is 2. The van der Waals surface area contributed by atoms with Crippen molar-refractivity contribution in [2.45, 2.75) is 33.2 Å². The first kappa shape index (κ1) is 22.2. The summed E-state index contributed by atoms with van der Waals surface area (Å²) in [5.74, 6) is -0.385. The summed E-state index contributed by atoms with van der Waals surface area (Å²) < 4.78 is 0. The lowest BCUT2D eigenvalue weighted by atomic mass is 10.2. The lowest BCUT2D eigenvalue weighted by Gasteiger charge is -2.27. The number of halogens is 2. The molecule has 2 aromatic carbocycles. The van der Waals surface area contributed by atoms with Crippen LogP contribution in [0, 0.1) is 6.92 Å². The van der Waals surface area contributed by atoms with Gasteiger partial charge >= 0.3 is 0 Å². The van der Waals surface area contributed by atoms with Gasteiger partial charge in [-0.25, -0.2) is 0 Å². The van der Waals surface area contributed by atoms with Crippen molar-refractivity contribution < 1.29 is 9.59 Å². The largest absolute Gasteiger partial charge is 0.325 e. The zero-order valence-electron chi connectivity index (χ0n) is 16.3. The van der Waals surface area contributed by atoms with E-state index in [1.54, 1.807) is 49.4 Å². The van der Waals surface area contributed by atoms with Crippen LogP contribution in [0.1, 0.15) is 25.8 Å². The van der Waals surface area contributed by atoms with Crippen molar-refractivity contribution in [3.05, 3.63) is 58.1 Å². The van der Waals surface area contributed by atoms with Gasteiger partial charge in [-0.05, 0) is 62.7 Å². The average molecular weight is 422 g/mol. The van der Waals surface area contributed by atoms with Gasteiger partial charge in [0, 0.05) is 21.4 Å². The van der Waals surface area contributed by atoms with Crippen molar-refractivity contribution in [3.8, 4) is 0 Å². The molecule has 0 aliphatic heterocycles. The Morgan fingerprint density at radius 2 is 1.82 bits per heavy atom. The Labute approximate surface area is 176 Å². The second-order valence-electron chi connectivity index (χ2n) is 6.61. The van der Waals surface area contributed by atoms with Gasteiger partial charge in [-0.1, -0.05) is 42.3 Å². The second-order valence-corrected chi connectivity index (χ2v) is 7.45. The van der Waals surface area contributed by atoms with Crippen LogP contribution in [-0.2, 0) is 9.59 Å². The van der Waals surface area contributed by atoms with Gasteiger partial charge in [-0.2, -0.15) is 0 Å². The highest BCUT2D eigenvalue weighted by atomic mass is 35.5. The van der Waals surface area contributed by atoms with Gasteiger partial charge < -0.3 is 10.6 Å². The molecular weight excluding hydrogens is 397 g/mol. The average Bonchev–Trinajstić information content (AvgIpc) is 2.64. The van der Waals surface area contributed by atoms with Gasteiger partial charge in [0.1, 0.15) is 0 Å². The molecule has 2 amide bonds. The Balaban J connectivity index is 2.03. The lowest BCUT2D eigenvalue weighted by molar-refractivity contribution is -0.123. The highest BCUT2D eigenvalue weighted by Gasteiger charge is 2.23. The van der Waals surface area contributed by atoms with E-state index in [1.165, 1.54) is 0 Å². The molecule has 0 heterocycles. The fourth-order valence-electron chi connectivity index (χ4n) is 2.79. The third kappa shape index (κ3) is 6.23. The number of nitrogens with zero attached hydrogens (tertiary/aromatic N) is 1. The van der Waals surface area contributed by atoms with Crippen LogP contribution in [0.3, 0.4) is 0 Å². The van der Waals surface area contributed by atoms with Crippen LogP contribution in [-0.4, -0.2) is 35.8 Å². The molecule has 0 aromatic heterocycles. The molecule has 1 atom stereocenters. The highest BCUT2D eigenvalue weighted by Crippen LogP contribution is 2.23. The second kappa shape index (κ2) is 10.5. The maximum absolute atomic E-state index is 12.6. The third-order valence-corrected chi connectivity index (χ3v) is 5.06. The van der Waals surface area contributed by atoms with E-state index in [1.807, 2.05) is 18.7 Å². The molecule has 0 fully saturated rings. The number of anilines is 2. The number of hydrogen-bond acceptors (Lipinski definition) is 3. The number of amides is 2. The van der Waals surface area contributed by atoms with Gasteiger partial charge in [0.05, 0.1) is 12.6 Å². The predicted octanol–water partition coefficient (Wildman–Crippen LogP) is 4.98. The zero-order chi connectivity index (χ0) is 20.7. The van der Waals surface area contributed by atoms with Crippen LogP contribution in [0.5, 0.6) is 0 Å². The van der Waals surface area contributed by atoms with Crippen LogP contribution in [0.15, 0.2) is 42.5 Å². The maximum atomic E-state index is 12.6. The van der Waals surface area contributed by atoms with Crippen molar-refractivity contribution in [2.75, 3.05) is 23.7 Å². The minimum Gasteiger partial charge on any atom is -0.325 e. The number of carbonyl (C=O) groups is 2. The summed E-state index contributed by atoms with van der Waals surface area (Å²) in [5.41, 5.74) is 2.11. The molecule has 0 bridgehead atoms. The minimum atomic E-state index is -0.481. The standard InChI is InChI=1S/C21H25Cl2N3O2/c1-4-11-26(13-20(27)25-19-10-6-9-18(23)14(19)2)15(3)21(28)24-17-8-5-7-16(22)12-17/h5-10,12,15H,4,11,13H2,1-3H3,(H,24,28)(H,25,27)/t15-/m0/s1. The molecule has 0 aliphatic carbocycles. The molecule has 0 spiro atoms. The highest BCUT2D eigenvalue weighted by molar-refractivity contribution is 6.31. The van der Waals surface area contributed by atoms with Crippen LogP contribution in [0.25, 0.3) is 0 Å². The molecule has 0 saturated carbocycles. The van der Waals surface area contributed by atoms with Crippen molar-refractivity contribution >= 4 is 46.4 Å². The van der Waals surface area contributed by atoms with Gasteiger partial charge in [-0.15, -0.1) is 0 Å². The van der Waals surface area contributed by atoms with Gasteiger partial charge in [0.2, 0.25) is 11.8 Å². The molecule has 0 radical (unpaired) electrons. The fourth-order valence-corrected chi connectivity index (χ4v) is 3.16. The van der Waals surface area contributed by atoms with Crippen LogP contribution >= 0.6 is 23.2 Å². The first-order valence-corrected chi connectivity index (χ1v) is 9.92. The monoisotopic (exact) mass is 421 g/mol. The summed E-state index contributed by atoms with van der Waals surface area (Å²) in [7, 11) is 0. The van der Waals surface area contributed by atoms with Crippen molar-refractivity contribution in [1.82, 2.24) is 4.90 Å². The van der Waals surface area contributed by atoms with Gasteiger partial charge in [0.15, 0.2) is 0 Å². The Morgan fingerprint density at radius 1 is 1.11 bits per heavy atom. The molecule has 2 aromatic rings. The summed E-state index contributed by atoms with van der Waals surface area (Å²) in [6.07, 6.45) is 0.818. The Kier molecular flexibility index (Phi) is 8.30. The van der Waals surface area contributed by atoms with E-state index in [2.05, 4.69) is 10.6 Å². The molecular formula is C21H25Cl2N3O2. The molecule has 2 N–H and O–H groups in total.